The van der Waals surface area contributed by atoms with E-state index in [1.165, 1.54) is 9.75 Å². The molecule has 0 saturated carbocycles. The number of pyridine rings is 1. The largest absolute Gasteiger partial charge is 0.399 e. The maximum atomic E-state index is 5.65. The second kappa shape index (κ2) is 4.31. The Balaban J connectivity index is 1.99. The van der Waals surface area contributed by atoms with Gasteiger partial charge in [-0.05, 0) is 25.1 Å². The highest BCUT2D eigenvalue weighted by atomic mass is 32.1. The summed E-state index contributed by atoms with van der Waals surface area (Å²) in [7, 11) is 0. The highest BCUT2D eigenvalue weighted by Crippen LogP contribution is 2.16. The normalized spacial score (nSPS) is 10.2. The van der Waals surface area contributed by atoms with E-state index in [0.29, 0.717) is 0 Å². The molecule has 2 heterocycles. The second-order valence-corrected chi connectivity index (χ2v) is 4.71. The van der Waals surface area contributed by atoms with E-state index in [0.717, 1.165) is 18.1 Å². The summed E-state index contributed by atoms with van der Waals surface area (Å²) in [6.45, 7) is 2.90. The third kappa shape index (κ3) is 2.70. The van der Waals surface area contributed by atoms with Crippen LogP contribution >= 0.6 is 11.3 Å². The summed E-state index contributed by atoms with van der Waals surface area (Å²) >= 11 is 1.79. The number of hydrogen-bond acceptors (Lipinski definition) is 4. The minimum absolute atomic E-state index is 0.731. The Bertz CT molecular complexity index is 451. The molecular formula is C11H13N3S. The Hall–Kier alpha value is -1.55. The molecule has 2 aromatic rings. The number of rotatable bonds is 3. The van der Waals surface area contributed by atoms with Crippen molar-refractivity contribution in [2.75, 3.05) is 11.1 Å². The van der Waals surface area contributed by atoms with Gasteiger partial charge in [0.2, 0.25) is 0 Å². The zero-order chi connectivity index (χ0) is 10.7. The first kappa shape index (κ1) is 9.98. The van der Waals surface area contributed by atoms with Crippen molar-refractivity contribution < 1.29 is 0 Å². The topological polar surface area (TPSA) is 50.9 Å². The van der Waals surface area contributed by atoms with Crippen molar-refractivity contribution >= 4 is 22.8 Å². The standard InChI is InChI=1S/C11H13N3S/c1-8-2-3-10(15-8)7-14-11-6-9(12)4-5-13-11/h2-6H,7H2,1H3,(H3,12,13,14). The predicted octanol–water partition coefficient (Wildman–Crippen LogP) is 2.65. The van der Waals surface area contributed by atoms with Crippen LogP contribution in [0.4, 0.5) is 11.5 Å². The van der Waals surface area contributed by atoms with E-state index < -0.39 is 0 Å². The molecule has 4 heteroatoms. The molecule has 0 saturated heterocycles. The van der Waals surface area contributed by atoms with Crippen molar-refractivity contribution in [2.24, 2.45) is 0 Å². The van der Waals surface area contributed by atoms with Gasteiger partial charge in [-0.2, -0.15) is 0 Å². The molecule has 0 aliphatic heterocycles. The van der Waals surface area contributed by atoms with Gasteiger partial charge < -0.3 is 11.1 Å². The second-order valence-electron chi connectivity index (χ2n) is 3.34. The van der Waals surface area contributed by atoms with Gasteiger partial charge in [-0.15, -0.1) is 11.3 Å². The lowest BCUT2D eigenvalue weighted by atomic mass is 10.4. The Morgan fingerprint density at radius 1 is 1.40 bits per heavy atom. The van der Waals surface area contributed by atoms with Gasteiger partial charge in [0, 0.05) is 27.7 Å². The number of aryl methyl sites for hydroxylation is 1. The quantitative estimate of drug-likeness (QED) is 0.834. The average Bonchev–Trinajstić information content (AvgIpc) is 2.62. The molecule has 0 aliphatic carbocycles. The SMILES string of the molecule is Cc1ccc(CNc2cc(N)ccn2)s1. The third-order valence-electron chi connectivity index (χ3n) is 2.02. The van der Waals surface area contributed by atoms with Crippen LogP contribution in [0, 0.1) is 6.92 Å². The number of nitrogens with zero attached hydrogens (tertiary/aromatic N) is 1. The molecule has 0 unspecified atom stereocenters. The average molecular weight is 219 g/mol. The summed E-state index contributed by atoms with van der Waals surface area (Å²) in [5.41, 5.74) is 6.39. The molecule has 0 radical (unpaired) electrons. The zero-order valence-electron chi connectivity index (χ0n) is 8.53. The summed E-state index contributed by atoms with van der Waals surface area (Å²) in [6, 6.07) is 7.86. The van der Waals surface area contributed by atoms with E-state index >= 15 is 0 Å². The highest BCUT2D eigenvalue weighted by molar-refractivity contribution is 7.11. The maximum Gasteiger partial charge on any atom is 0.128 e. The number of nitrogens with one attached hydrogen (secondary N) is 1. The first-order chi connectivity index (χ1) is 7.24. The van der Waals surface area contributed by atoms with Gasteiger partial charge >= 0.3 is 0 Å². The molecule has 78 valence electrons. The summed E-state index contributed by atoms with van der Waals surface area (Å²) in [6.07, 6.45) is 1.71. The lowest BCUT2D eigenvalue weighted by Crippen LogP contribution is -2.00. The minimum Gasteiger partial charge on any atom is -0.399 e. The molecule has 0 amide bonds. The van der Waals surface area contributed by atoms with Crippen LogP contribution in [-0.2, 0) is 6.54 Å². The fraction of sp³-hybridized carbons (Fsp3) is 0.182. The predicted molar refractivity (Wildman–Crippen MR) is 65.0 cm³/mol. The van der Waals surface area contributed by atoms with Gasteiger partial charge in [0.05, 0.1) is 6.54 Å². The van der Waals surface area contributed by atoms with Crippen LogP contribution in [0.3, 0.4) is 0 Å². The van der Waals surface area contributed by atoms with Gasteiger partial charge in [-0.25, -0.2) is 4.98 Å². The summed E-state index contributed by atoms with van der Waals surface area (Å²) in [4.78, 5) is 6.80. The van der Waals surface area contributed by atoms with Gasteiger partial charge in [-0.1, -0.05) is 0 Å². The van der Waals surface area contributed by atoms with E-state index in [1.54, 1.807) is 23.6 Å². The van der Waals surface area contributed by atoms with Gasteiger partial charge in [0.15, 0.2) is 0 Å². The van der Waals surface area contributed by atoms with Crippen LogP contribution in [0.5, 0.6) is 0 Å². The fourth-order valence-electron chi connectivity index (χ4n) is 1.30. The van der Waals surface area contributed by atoms with Gasteiger partial charge in [0.1, 0.15) is 5.82 Å². The van der Waals surface area contributed by atoms with Crippen LogP contribution in [-0.4, -0.2) is 4.98 Å². The molecule has 0 bridgehead atoms. The summed E-state index contributed by atoms with van der Waals surface area (Å²) < 4.78 is 0. The Labute approximate surface area is 93.0 Å². The van der Waals surface area contributed by atoms with Gasteiger partial charge in [0.25, 0.3) is 0 Å². The van der Waals surface area contributed by atoms with Gasteiger partial charge in [-0.3, -0.25) is 0 Å². The summed E-state index contributed by atoms with van der Waals surface area (Å²) in [5, 5.41) is 3.23. The molecule has 0 atom stereocenters. The van der Waals surface area contributed by atoms with E-state index in [4.69, 9.17) is 5.73 Å². The zero-order valence-corrected chi connectivity index (χ0v) is 9.34. The molecular weight excluding hydrogens is 206 g/mol. The lowest BCUT2D eigenvalue weighted by molar-refractivity contribution is 1.14. The van der Waals surface area contributed by atoms with E-state index in [1.807, 2.05) is 6.07 Å². The maximum absolute atomic E-state index is 5.65. The molecule has 0 aliphatic rings. The molecule has 2 aromatic heterocycles. The third-order valence-corrected chi connectivity index (χ3v) is 3.02. The molecule has 0 aromatic carbocycles. The van der Waals surface area contributed by atoms with Crippen molar-refractivity contribution in [1.82, 2.24) is 4.98 Å². The lowest BCUT2D eigenvalue weighted by Gasteiger charge is -2.03. The highest BCUT2D eigenvalue weighted by Gasteiger charge is 1.97. The molecule has 3 nitrogen and oxygen atoms in total. The van der Waals surface area contributed by atoms with Crippen LogP contribution in [0.15, 0.2) is 30.5 Å². The monoisotopic (exact) mass is 219 g/mol. The molecule has 2 rings (SSSR count). The molecule has 0 fully saturated rings. The first-order valence-electron chi connectivity index (χ1n) is 4.75. The van der Waals surface area contributed by atoms with Crippen molar-refractivity contribution in [2.45, 2.75) is 13.5 Å². The Morgan fingerprint density at radius 2 is 2.27 bits per heavy atom. The van der Waals surface area contributed by atoms with E-state index in [-0.39, 0.29) is 0 Å². The van der Waals surface area contributed by atoms with E-state index in [2.05, 4.69) is 29.4 Å². The van der Waals surface area contributed by atoms with Crippen molar-refractivity contribution in [3.63, 3.8) is 0 Å². The van der Waals surface area contributed by atoms with Crippen LogP contribution < -0.4 is 11.1 Å². The number of hydrogen-bond donors (Lipinski definition) is 2. The summed E-state index contributed by atoms with van der Waals surface area (Å²) in [5.74, 6) is 0.820. The van der Waals surface area contributed by atoms with Crippen LogP contribution in [0.1, 0.15) is 9.75 Å². The smallest absolute Gasteiger partial charge is 0.128 e. The Morgan fingerprint density at radius 3 is 2.93 bits per heavy atom. The molecule has 15 heavy (non-hydrogen) atoms. The van der Waals surface area contributed by atoms with Crippen molar-refractivity contribution in [3.8, 4) is 0 Å². The van der Waals surface area contributed by atoms with Crippen molar-refractivity contribution in [3.05, 3.63) is 40.2 Å². The van der Waals surface area contributed by atoms with E-state index in [9.17, 15) is 0 Å². The Kier molecular flexibility index (Phi) is 2.87. The molecule has 3 N–H and O–H groups in total. The van der Waals surface area contributed by atoms with Crippen LogP contribution in [0.2, 0.25) is 0 Å². The minimum atomic E-state index is 0.731. The number of anilines is 2. The molecule has 0 spiro atoms. The number of thiophene rings is 1. The van der Waals surface area contributed by atoms with Crippen molar-refractivity contribution in [1.29, 1.82) is 0 Å². The van der Waals surface area contributed by atoms with Crippen LogP contribution in [0.25, 0.3) is 0 Å². The first-order valence-corrected chi connectivity index (χ1v) is 5.56. The number of nitrogens with two attached hydrogens (primary N) is 1. The number of aromatic nitrogens is 1. The fourth-order valence-corrected chi connectivity index (χ4v) is 2.13. The number of nitrogen functional groups attached to an aromatic ring is 1.